The van der Waals surface area contributed by atoms with Gasteiger partial charge in [-0.15, -0.1) is 0 Å². The molecule has 1 aromatic heterocycles. The monoisotopic (exact) mass is 400 g/mol. The van der Waals surface area contributed by atoms with Crippen molar-refractivity contribution in [3.05, 3.63) is 65.6 Å². The van der Waals surface area contributed by atoms with Crippen LogP contribution in [0.15, 0.2) is 53.0 Å². The number of allylic oxidation sites excluding steroid dienone is 1. The van der Waals surface area contributed by atoms with Crippen molar-refractivity contribution >= 4 is 20.4 Å². The molecule has 0 unspecified atom stereocenters. The predicted octanol–water partition coefficient (Wildman–Crippen LogP) is 6.34. The number of benzene rings is 1. The highest BCUT2D eigenvalue weighted by molar-refractivity contribution is 6.74. The summed E-state index contributed by atoms with van der Waals surface area (Å²) in [6.07, 6.45) is 4.79. The van der Waals surface area contributed by atoms with Crippen molar-refractivity contribution in [2.24, 2.45) is 0 Å². The molecule has 0 N–H and O–H groups in total. The summed E-state index contributed by atoms with van der Waals surface area (Å²) in [6.45, 7) is 11.9. The highest BCUT2D eigenvalue weighted by Gasteiger charge is 2.37. The number of furan rings is 1. The van der Waals surface area contributed by atoms with Gasteiger partial charge in [0.1, 0.15) is 18.1 Å². The molecule has 2 rings (SSSR count). The molecule has 0 atom stereocenters. The van der Waals surface area contributed by atoms with Gasteiger partial charge in [-0.3, -0.25) is 4.79 Å². The van der Waals surface area contributed by atoms with Gasteiger partial charge < -0.3 is 13.6 Å². The van der Waals surface area contributed by atoms with Gasteiger partial charge in [0.2, 0.25) is 0 Å². The number of hydrogen-bond acceptors (Lipinski definition) is 4. The van der Waals surface area contributed by atoms with E-state index in [-0.39, 0.29) is 11.0 Å². The minimum atomic E-state index is -1.78. The average Bonchev–Trinajstić information content (AvgIpc) is 3.10. The molecule has 1 aromatic carbocycles. The topological polar surface area (TPSA) is 48.7 Å². The number of ether oxygens (including phenoxy) is 1. The molecule has 0 aliphatic carbocycles. The Balaban J connectivity index is 1.71. The molecule has 0 aliphatic rings. The van der Waals surface area contributed by atoms with Crippen molar-refractivity contribution in [3.63, 3.8) is 0 Å². The zero-order chi connectivity index (χ0) is 20.6. The first-order chi connectivity index (χ1) is 13.2. The van der Waals surface area contributed by atoms with Crippen LogP contribution in [0.5, 0.6) is 0 Å². The lowest BCUT2D eigenvalue weighted by molar-refractivity contribution is -0.144. The van der Waals surface area contributed by atoms with E-state index in [1.807, 2.05) is 54.6 Å². The van der Waals surface area contributed by atoms with Crippen LogP contribution in [0.3, 0.4) is 0 Å². The summed E-state index contributed by atoms with van der Waals surface area (Å²) >= 11 is 0. The first kappa shape index (κ1) is 22.2. The van der Waals surface area contributed by atoms with Gasteiger partial charge in [-0.25, -0.2) is 0 Å². The van der Waals surface area contributed by atoms with Crippen molar-refractivity contribution in [2.45, 2.75) is 65.0 Å². The molecule has 1 heterocycles. The van der Waals surface area contributed by atoms with Gasteiger partial charge in [-0.05, 0) is 48.3 Å². The molecular weight excluding hydrogens is 368 g/mol. The Kier molecular flexibility index (Phi) is 7.84. The van der Waals surface area contributed by atoms with Crippen LogP contribution in [-0.4, -0.2) is 14.3 Å². The fourth-order valence-corrected chi connectivity index (χ4v) is 3.18. The van der Waals surface area contributed by atoms with Crippen molar-refractivity contribution in [2.75, 3.05) is 0 Å². The van der Waals surface area contributed by atoms with E-state index in [4.69, 9.17) is 13.6 Å². The summed E-state index contributed by atoms with van der Waals surface area (Å²) in [5, 5.41) is 0.178. The molecule has 0 saturated carbocycles. The fourth-order valence-electron chi connectivity index (χ4n) is 2.24. The molecule has 2 aromatic rings. The summed E-state index contributed by atoms with van der Waals surface area (Å²) in [4.78, 5) is 11.8. The number of esters is 1. The van der Waals surface area contributed by atoms with Crippen LogP contribution in [0.1, 0.15) is 50.7 Å². The maximum absolute atomic E-state index is 11.8. The van der Waals surface area contributed by atoms with E-state index in [0.29, 0.717) is 26.1 Å². The number of carbonyl (C=O) groups excluding carboxylic acids is 1. The van der Waals surface area contributed by atoms with Crippen LogP contribution in [0.4, 0.5) is 0 Å². The molecule has 0 spiro atoms. The van der Waals surface area contributed by atoms with Crippen molar-refractivity contribution in [1.29, 1.82) is 0 Å². The van der Waals surface area contributed by atoms with Crippen LogP contribution in [0.25, 0.3) is 6.08 Å². The van der Waals surface area contributed by atoms with Crippen molar-refractivity contribution in [1.82, 2.24) is 0 Å². The second-order valence-corrected chi connectivity index (χ2v) is 13.2. The molecule has 0 saturated heterocycles. The molecule has 0 fully saturated rings. The molecule has 28 heavy (non-hydrogen) atoms. The first-order valence-corrected chi connectivity index (χ1v) is 12.7. The summed E-state index contributed by atoms with van der Waals surface area (Å²) in [5.74, 6) is 1.40. The zero-order valence-corrected chi connectivity index (χ0v) is 18.7. The zero-order valence-electron chi connectivity index (χ0n) is 17.7. The number of rotatable bonds is 9. The molecule has 0 aliphatic heterocycles. The highest BCUT2D eigenvalue weighted by atomic mass is 28.4. The molecular formula is C23H32O4Si. The summed E-state index contributed by atoms with van der Waals surface area (Å²) in [5.41, 5.74) is 0.995. The third kappa shape index (κ3) is 7.13. The molecule has 152 valence electrons. The van der Waals surface area contributed by atoms with Crippen molar-refractivity contribution in [3.8, 4) is 0 Å². The van der Waals surface area contributed by atoms with Gasteiger partial charge in [-0.2, -0.15) is 0 Å². The number of carbonyl (C=O) groups is 1. The summed E-state index contributed by atoms with van der Waals surface area (Å²) in [6, 6.07) is 13.6. The Labute approximate surface area is 169 Å². The van der Waals surface area contributed by atoms with E-state index in [2.05, 4.69) is 33.9 Å². The van der Waals surface area contributed by atoms with Crippen LogP contribution in [0, 0.1) is 0 Å². The Hall–Kier alpha value is -2.11. The normalized spacial score (nSPS) is 12.5. The van der Waals surface area contributed by atoms with E-state index >= 15 is 0 Å². The molecule has 0 bridgehead atoms. The fraction of sp³-hybridized carbons (Fsp3) is 0.435. The lowest BCUT2D eigenvalue weighted by atomic mass is 10.2. The quantitative estimate of drug-likeness (QED) is 0.364. The Morgan fingerprint density at radius 3 is 2.46 bits per heavy atom. The van der Waals surface area contributed by atoms with Crippen LogP contribution < -0.4 is 0 Å². The van der Waals surface area contributed by atoms with E-state index in [1.165, 1.54) is 0 Å². The standard InChI is InChI=1S/C23H32O4Si/c1-23(2,3)28(4,5)26-18-21-16-15-20(27-21)13-9-10-14-22(24)25-17-19-11-7-6-8-12-19/h6-9,11-13,15-16H,10,14,17-18H2,1-5H3/b13-9+. The summed E-state index contributed by atoms with van der Waals surface area (Å²) < 4.78 is 17.2. The minimum absolute atomic E-state index is 0.178. The third-order valence-electron chi connectivity index (χ3n) is 5.10. The average molecular weight is 401 g/mol. The van der Waals surface area contributed by atoms with Crippen molar-refractivity contribution < 1.29 is 18.4 Å². The molecule has 0 amide bonds. The lowest BCUT2D eigenvalue weighted by Crippen LogP contribution is -2.40. The molecule has 0 radical (unpaired) electrons. The molecule has 5 heteroatoms. The number of hydrogen-bond donors (Lipinski definition) is 0. The van der Waals surface area contributed by atoms with E-state index in [1.54, 1.807) is 0 Å². The third-order valence-corrected chi connectivity index (χ3v) is 9.58. The SMILES string of the molecule is CC(C)(C)[Si](C)(C)OCc1ccc(/C=C/CCC(=O)OCc2ccccc2)o1. The Morgan fingerprint density at radius 2 is 1.79 bits per heavy atom. The van der Waals surface area contributed by atoms with Crippen LogP contribution in [0.2, 0.25) is 18.1 Å². The lowest BCUT2D eigenvalue weighted by Gasteiger charge is -2.35. The van der Waals surface area contributed by atoms with E-state index in [0.717, 1.165) is 17.1 Å². The maximum Gasteiger partial charge on any atom is 0.306 e. The largest absolute Gasteiger partial charge is 0.461 e. The van der Waals surface area contributed by atoms with Gasteiger partial charge in [0, 0.05) is 6.42 Å². The van der Waals surface area contributed by atoms with Gasteiger partial charge in [0.05, 0.1) is 6.61 Å². The maximum atomic E-state index is 11.8. The minimum Gasteiger partial charge on any atom is -0.461 e. The van der Waals surface area contributed by atoms with E-state index in [9.17, 15) is 4.79 Å². The predicted molar refractivity (Wildman–Crippen MR) is 115 cm³/mol. The van der Waals surface area contributed by atoms with Gasteiger partial charge in [0.15, 0.2) is 8.32 Å². The van der Waals surface area contributed by atoms with Gasteiger partial charge in [0.25, 0.3) is 0 Å². The first-order valence-electron chi connectivity index (χ1n) is 9.76. The van der Waals surface area contributed by atoms with Crippen LogP contribution >= 0.6 is 0 Å². The van der Waals surface area contributed by atoms with E-state index < -0.39 is 8.32 Å². The molecule has 4 nitrogen and oxygen atoms in total. The smallest absolute Gasteiger partial charge is 0.306 e. The van der Waals surface area contributed by atoms with Gasteiger partial charge in [-0.1, -0.05) is 57.2 Å². The Bertz CT molecular complexity index is 769. The van der Waals surface area contributed by atoms with Crippen LogP contribution in [-0.2, 0) is 27.2 Å². The van der Waals surface area contributed by atoms with Gasteiger partial charge >= 0.3 is 5.97 Å². The second-order valence-electron chi connectivity index (χ2n) is 8.44. The highest BCUT2D eigenvalue weighted by Crippen LogP contribution is 2.37. The second kappa shape index (κ2) is 9.89. The summed E-state index contributed by atoms with van der Waals surface area (Å²) in [7, 11) is -1.78. The Morgan fingerprint density at radius 1 is 1.07 bits per heavy atom.